The van der Waals surface area contributed by atoms with E-state index in [0.717, 1.165) is 0 Å². The van der Waals surface area contributed by atoms with Gasteiger partial charge in [0, 0.05) is 13.0 Å². The predicted molar refractivity (Wildman–Crippen MR) is 88.4 cm³/mol. The molecule has 0 saturated carbocycles. The Bertz CT molecular complexity index is 631. The van der Waals surface area contributed by atoms with Crippen molar-refractivity contribution in [3.05, 3.63) is 24.3 Å². The van der Waals surface area contributed by atoms with Crippen LogP contribution in [0.1, 0.15) is 13.3 Å². The van der Waals surface area contributed by atoms with Crippen molar-refractivity contribution < 1.29 is 28.2 Å². The molecule has 0 aliphatic rings. The van der Waals surface area contributed by atoms with E-state index in [1.54, 1.807) is 6.92 Å². The monoisotopic (exact) mass is 363 g/mol. The molecule has 0 radical (unpaired) electrons. The molecule has 23 heavy (non-hydrogen) atoms. The van der Waals surface area contributed by atoms with Gasteiger partial charge in [0.05, 0.1) is 12.0 Å². The zero-order chi connectivity index (χ0) is 17.7. The van der Waals surface area contributed by atoms with Gasteiger partial charge in [-0.3, -0.25) is 4.79 Å². The molecular formula is C14H21NO6S2. The van der Waals surface area contributed by atoms with Crippen LogP contribution in [0.25, 0.3) is 0 Å². The molecular weight excluding hydrogens is 342 g/mol. The van der Waals surface area contributed by atoms with Crippen LogP contribution in [0.2, 0.25) is 0 Å². The minimum absolute atomic E-state index is 0.0896. The van der Waals surface area contributed by atoms with Crippen molar-refractivity contribution in [1.82, 2.24) is 4.72 Å². The molecule has 0 fully saturated rings. The fourth-order valence-corrected chi connectivity index (χ4v) is 3.94. The van der Waals surface area contributed by atoms with Crippen LogP contribution in [0.5, 0.6) is 5.75 Å². The normalized spacial score (nSPS) is 15.7. The molecule has 9 heteroatoms. The van der Waals surface area contributed by atoms with Gasteiger partial charge in [0.25, 0.3) is 0 Å². The maximum Gasteiger partial charge on any atom is 0.325 e. The highest BCUT2D eigenvalue weighted by atomic mass is 32.2. The predicted octanol–water partition coefficient (Wildman–Crippen LogP) is 0.745. The van der Waals surface area contributed by atoms with Gasteiger partial charge in [0.1, 0.15) is 11.3 Å². The summed E-state index contributed by atoms with van der Waals surface area (Å²) in [6, 6.07) is 5.56. The van der Waals surface area contributed by atoms with E-state index < -0.39 is 34.1 Å². The lowest BCUT2D eigenvalue weighted by Crippen LogP contribution is -2.59. The number of hydrogen-bond acceptors (Lipinski definition) is 6. The molecule has 0 amide bonds. The minimum atomic E-state index is -4.10. The number of aliphatic hydroxyl groups excluding tert-OH is 1. The molecule has 2 unspecified atom stereocenters. The summed E-state index contributed by atoms with van der Waals surface area (Å²) in [5.41, 5.74) is -1.84. The Morgan fingerprint density at radius 1 is 1.39 bits per heavy atom. The molecule has 0 heterocycles. The maximum absolute atomic E-state index is 12.5. The van der Waals surface area contributed by atoms with Crippen molar-refractivity contribution in [2.45, 2.75) is 23.8 Å². The van der Waals surface area contributed by atoms with E-state index in [0.29, 0.717) is 5.75 Å². The van der Waals surface area contributed by atoms with Crippen molar-refractivity contribution in [2.75, 3.05) is 19.5 Å². The lowest BCUT2D eigenvalue weighted by molar-refractivity contribution is -0.146. The average Bonchev–Trinajstić information content (AvgIpc) is 2.53. The number of methoxy groups -OCH3 is 1. The van der Waals surface area contributed by atoms with Crippen LogP contribution in [-0.2, 0) is 14.8 Å². The first-order valence-corrected chi connectivity index (χ1v) is 8.98. The highest BCUT2D eigenvalue weighted by molar-refractivity contribution is 7.89. The smallest absolute Gasteiger partial charge is 0.325 e. The number of carboxylic acids is 1. The van der Waals surface area contributed by atoms with E-state index in [2.05, 4.69) is 17.4 Å². The van der Waals surface area contributed by atoms with Crippen LogP contribution < -0.4 is 9.46 Å². The van der Waals surface area contributed by atoms with E-state index in [1.807, 2.05) is 0 Å². The molecule has 1 aromatic rings. The van der Waals surface area contributed by atoms with Gasteiger partial charge >= 0.3 is 5.97 Å². The lowest BCUT2D eigenvalue weighted by atomic mass is 9.84. The van der Waals surface area contributed by atoms with Crippen molar-refractivity contribution in [1.29, 1.82) is 0 Å². The minimum Gasteiger partial charge on any atom is -0.497 e. The zero-order valence-electron chi connectivity index (χ0n) is 12.9. The van der Waals surface area contributed by atoms with E-state index in [4.69, 9.17) is 4.74 Å². The number of rotatable bonds is 9. The van der Waals surface area contributed by atoms with E-state index in [1.165, 1.54) is 31.4 Å². The van der Waals surface area contributed by atoms with Crippen LogP contribution in [0.4, 0.5) is 0 Å². The number of sulfonamides is 1. The molecule has 7 nitrogen and oxygen atoms in total. The number of nitrogens with one attached hydrogen (secondary N) is 1. The maximum atomic E-state index is 12.5. The second kappa shape index (κ2) is 8.00. The first kappa shape index (κ1) is 19.8. The van der Waals surface area contributed by atoms with Gasteiger partial charge in [0.15, 0.2) is 0 Å². The summed E-state index contributed by atoms with van der Waals surface area (Å²) >= 11 is 4.06. The first-order valence-electron chi connectivity index (χ1n) is 6.86. The molecule has 130 valence electrons. The fraction of sp³-hybridized carbons (Fsp3) is 0.500. The molecule has 0 aliphatic heterocycles. The quantitative estimate of drug-likeness (QED) is 0.482. The highest BCUT2D eigenvalue weighted by Crippen LogP contribution is 2.26. The number of hydrogen-bond donors (Lipinski definition) is 4. The van der Waals surface area contributed by atoms with E-state index in [9.17, 15) is 23.4 Å². The van der Waals surface area contributed by atoms with Crippen LogP contribution in [0.3, 0.4) is 0 Å². The molecule has 0 bridgehead atoms. The molecule has 0 aliphatic carbocycles. The van der Waals surface area contributed by atoms with E-state index in [-0.39, 0.29) is 17.1 Å². The number of ether oxygens (including phenoxy) is 1. The van der Waals surface area contributed by atoms with E-state index >= 15 is 0 Å². The number of benzene rings is 1. The summed E-state index contributed by atoms with van der Waals surface area (Å²) < 4.78 is 32.2. The second-order valence-corrected chi connectivity index (χ2v) is 7.16. The molecule has 0 spiro atoms. The summed E-state index contributed by atoms with van der Waals surface area (Å²) in [6.45, 7) is 1.09. The average molecular weight is 363 g/mol. The Balaban J connectivity index is 3.25. The summed E-state index contributed by atoms with van der Waals surface area (Å²) in [4.78, 5) is 11.6. The molecule has 1 aromatic carbocycles. The molecule has 1 rings (SSSR count). The van der Waals surface area contributed by atoms with Gasteiger partial charge in [-0.05, 0) is 35.9 Å². The standard InChI is InChI=1S/C14H21NO6S2/c1-10(9-22)14(7-8-16,13(17)18)15-23(19,20)12-5-3-11(21-2)4-6-12/h3-6,10,15-16,22H,7-9H2,1-2H3,(H,17,18). The summed E-state index contributed by atoms with van der Waals surface area (Å²) in [7, 11) is -2.65. The Kier molecular flexibility index (Phi) is 6.87. The summed E-state index contributed by atoms with van der Waals surface area (Å²) in [5.74, 6) is -1.38. The van der Waals surface area contributed by atoms with Crippen LogP contribution in [0.15, 0.2) is 29.2 Å². The lowest BCUT2D eigenvalue weighted by Gasteiger charge is -2.34. The van der Waals surface area contributed by atoms with Crippen LogP contribution >= 0.6 is 12.6 Å². The third-order valence-corrected chi connectivity index (χ3v) is 5.76. The third-order valence-electron chi connectivity index (χ3n) is 3.69. The first-order chi connectivity index (χ1) is 10.7. The largest absolute Gasteiger partial charge is 0.497 e. The van der Waals surface area contributed by atoms with Crippen molar-refractivity contribution in [3.8, 4) is 5.75 Å². The SMILES string of the molecule is COc1ccc(S(=O)(=O)NC(CCO)(C(=O)O)C(C)CS)cc1. The number of carboxylic acid groups (broad SMARTS) is 1. The topological polar surface area (TPSA) is 113 Å². The van der Waals surface area contributed by atoms with Crippen molar-refractivity contribution >= 4 is 28.6 Å². The number of carbonyl (C=O) groups is 1. The number of thiol groups is 1. The van der Waals surface area contributed by atoms with Crippen molar-refractivity contribution in [2.24, 2.45) is 5.92 Å². The van der Waals surface area contributed by atoms with Gasteiger partial charge < -0.3 is 14.9 Å². The third kappa shape index (κ3) is 4.37. The Morgan fingerprint density at radius 3 is 2.35 bits per heavy atom. The summed E-state index contributed by atoms with van der Waals surface area (Å²) in [6.07, 6.45) is -0.264. The number of aliphatic carboxylic acids is 1. The van der Waals surface area contributed by atoms with Gasteiger partial charge in [-0.1, -0.05) is 6.92 Å². The van der Waals surface area contributed by atoms with Gasteiger partial charge in [-0.15, -0.1) is 0 Å². The van der Waals surface area contributed by atoms with Gasteiger partial charge in [0.2, 0.25) is 10.0 Å². The highest BCUT2D eigenvalue weighted by Gasteiger charge is 2.46. The fourth-order valence-electron chi connectivity index (χ4n) is 2.15. The van der Waals surface area contributed by atoms with Crippen LogP contribution in [-0.4, -0.2) is 49.6 Å². The molecule has 0 aromatic heterocycles. The Hall–Kier alpha value is -1.29. The van der Waals surface area contributed by atoms with Crippen molar-refractivity contribution in [3.63, 3.8) is 0 Å². The zero-order valence-corrected chi connectivity index (χ0v) is 14.6. The van der Waals surface area contributed by atoms with Gasteiger partial charge in [-0.2, -0.15) is 17.4 Å². The molecule has 2 atom stereocenters. The Labute approximate surface area is 141 Å². The molecule has 0 saturated heterocycles. The summed E-state index contributed by atoms with van der Waals surface area (Å²) in [5, 5.41) is 18.7. The molecule has 3 N–H and O–H groups in total. The second-order valence-electron chi connectivity index (χ2n) is 5.11. The number of aliphatic hydroxyl groups is 1. The Morgan fingerprint density at radius 2 is 1.96 bits per heavy atom. The van der Waals surface area contributed by atoms with Gasteiger partial charge in [-0.25, -0.2) is 8.42 Å². The van der Waals surface area contributed by atoms with Crippen LogP contribution in [0, 0.1) is 5.92 Å².